The van der Waals surface area contributed by atoms with Gasteiger partial charge < -0.3 is 9.30 Å². The molecule has 3 heterocycles. The molecule has 0 aliphatic rings. The van der Waals surface area contributed by atoms with Crippen molar-refractivity contribution in [3.63, 3.8) is 0 Å². The smallest absolute Gasteiger partial charge is 0.509 e. The van der Waals surface area contributed by atoms with E-state index < -0.39 is 0 Å². The van der Waals surface area contributed by atoms with Gasteiger partial charge in [-0.25, -0.2) is 4.98 Å². The van der Waals surface area contributed by atoms with Crippen LogP contribution in [0.5, 0.6) is 11.5 Å². The van der Waals surface area contributed by atoms with Gasteiger partial charge in [0.15, 0.2) is 0 Å². The molecule has 0 spiro atoms. The van der Waals surface area contributed by atoms with Gasteiger partial charge in [0.25, 0.3) is 0 Å². The zero-order chi connectivity index (χ0) is 34.8. The van der Waals surface area contributed by atoms with E-state index in [1.165, 1.54) is 33.4 Å². The Labute approximate surface area is 310 Å². The van der Waals surface area contributed by atoms with Gasteiger partial charge in [-0.05, 0) is 97.5 Å². The van der Waals surface area contributed by atoms with E-state index in [1.807, 2.05) is 16.9 Å². The van der Waals surface area contributed by atoms with E-state index in [1.54, 1.807) is 0 Å². The molecule has 0 atom stereocenters. The van der Waals surface area contributed by atoms with Crippen molar-refractivity contribution in [2.24, 2.45) is 0 Å². The molecule has 50 heavy (non-hydrogen) atoms. The van der Waals surface area contributed by atoms with E-state index in [0.717, 1.165) is 50.3 Å². The number of hydrogen-bond donors (Lipinski definition) is 0. The summed E-state index contributed by atoms with van der Waals surface area (Å²) in [5.41, 5.74) is 13.4. The van der Waals surface area contributed by atoms with E-state index in [9.17, 15) is 0 Å². The van der Waals surface area contributed by atoms with Crippen LogP contribution in [0.4, 0.5) is 0 Å². The standard InChI is InChI=1S/C44H44N4O.Pd/c1-26(2)32-17-18-45-41(21-32)47-39-14-12-11-13-37(39)38-16-15-35(25-40(38)47)49-36-23-33(44(8,9)10)22-34(24-36)48-31(7)43(30(6)46-48)42-28(4)19-27(3)20-29(42)5;/h11-23,26H,1-10H3;/q-2;+2. The van der Waals surface area contributed by atoms with Crippen LogP contribution in [0.15, 0.2) is 79.0 Å². The number of aromatic nitrogens is 4. The van der Waals surface area contributed by atoms with Crippen LogP contribution >= 0.6 is 0 Å². The molecule has 3 aromatic heterocycles. The Kier molecular flexibility index (Phi) is 9.42. The molecule has 7 aromatic rings. The van der Waals surface area contributed by atoms with E-state index in [2.05, 4.69) is 153 Å². The predicted molar refractivity (Wildman–Crippen MR) is 202 cm³/mol. The third-order valence-electron chi connectivity index (χ3n) is 9.58. The van der Waals surface area contributed by atoms with Crippen LogP contribution < -0.4 is 4.74 Å². The van der Waals surface area contributed by atoms with E-state index in [-0.39, 0.29) is 25.8 Å². The normalized spacial score (nSPS) is 11.8. The number of para-hydroxylation sites is 1. The number of benzene rings is 4. The number of pyridine rings is 1. The first-order chi connectivity index (χ1) is 23.3. The fourth-order valence-corrected chi connectivity index (χ4v) is 7.15. The summed E-state index contributed by atoms with van der Waals surface area (Å²) in [7, 11) is 0. The first kappa shape index (κ1) is 35.3. The van der Waals surface area contributed by atoms with Crippen LogP contribution in [0, 0.1) is 46.8 Å². The molecule has 0 saturated heterocycles. The Morgan fingerprint density at radius 2 is 1.48 bits per heavy atom. The summed E-state index contributed by atoms with van der Waals surface area (Å²) in [4.78, 5) is 4.80. The second-order valence-electron chi connectivity index (χ2n) is 14.7. The molecule has 0 aliphatic heterocycles. The minimum absolute atomic E-state index is 0. The zero-order valence-electron chi connectivity index (χ0n) is 30.6. The van der Waals surface area contributed by atoms with Crippen LogP contribution in [0.25, 0.3) is 44.4 Å². The molecule has 0 radical (unpaired) electrons. The maximum Gasteiger partial charge on any atom is 2.00 e. The second-order valence-corrected chi connectivity index (χ2v) is 14.7. The van der Waals surface area contributed by atoms with Crippen molar-refractivity contribution in [1.29, 1.82) is 0 Å². The summed E-state index contributed by atoms with van der Waals surface area (Å²) < 4.78 is 10.9. The van der Waals surface area contributed by atoms with Crippen molar-refractivity contribution in [1.82, 2.24) is 19.3 Å². The summed E-state index contributed by atoms with van der Waals surface area (Å²) in [5, 5.41) is 7.33. The first-order valence-corrected chi connectivity index (χ1v) is 17.1. The Bertz CT molecular complexity index is 2370. The molecule has 0 aliphatic carbocycles. The van der Waals surface area contributed by atoms with Gasteiger partial charge in [-0.15, -0.1) is 41.3 Å². The monoisotopic (exact) mass is 750 g/mol. The topological polar surface area (TPSA) is 44.9 Å². The van der Waals surface area contributed by atoms with Crippen molar-refractivity contribution in [3.8, 4) is 34.1 Å². The maximum absolute atomic E-state index is 6.66. The molecule has 6 heteroatoms. The Morgan fingerprint density at radius 3 is 2.18 bits per heavy atom. The first-order valence-electron chi connectivity index (χ1n) is 17.1. The van der Waals surface area contributed by atoms with Crippen molar-refractivity contribution in [2.75, 3.05) is 0 Å². The number of hydrogen-bond acceptors (Lipinski definition) is 3. The molecule has 0 saturated carbocycles. The van der Waals surface area contributed by atoms with Gasteiger partial charge in [0.1, 0.15) is 5.82 Å². The van der Waals surface area contributed by atoms with Crippen LogP contribution in [0.3, 0.4) is 0 Å². The number of fused-ring (bicyclic) bond motifs is 3. The van der Waals surface area contributed by atoms with E-state index >= 15 is 0 Å². The van der Waals surface area contributed by atoms with Gasteiger partial charge in [0.2, 0.25) is 0 Å². The molecule has 0 amide bonds. The fourth-order valence-electron chi connectivity index (χ4n) is 7.15. The minimum Gasteiger partial charge on any atom is -0.509 e. The molecule has 0 bridgehead atoms. The molecule has 5 nitrogen and oxygen atoms in total. The number of aryl methyl sites for hydroxylation is 4. The van der Waals surface area contributed by atoms with Crippen molar-refractivity contribution in [3.05, 3.63) is 130 Å². The Morgan fingerprint density at radius 1 is 0.760 bits per heavy atom. The molecule has 0 N–H and O–H groups in total. The van der Waals surface area contributed by atoms with E-state index in [0.29, 0.717) is 17.4 Å². The second kappa shape index (κ2) is 13.3. The van der Waals surface area contributed by atoms with E-state index in [4.69, 9.17) is 14.8 Å². The summed E-state index contributed by atoms with van der Waals surface area (Å²) >= 11 is 0. The summed E-state index contributed by atoms with van der Waals surface area (Å²) in [5.74, 6) is 2.50. The molecular formula is C44H44N4OPd. The predicted octanol–water partition coefficient (Wildman–Crippen LogP) is 11.4. The largest absolute Gasteiger partial charge is 2.00 e. The number of ether oxygens (including phenoxy) is 1. The van der Waals surface area contributed by atoms with Gasteiger partial charge in [-0.1, -0.05) is 76.0 Å². The quantitative estimate of drug-likeness (QED) is 0.126. The summed E-state index contributed by atoms with van der Waals surface area (Å²) in [6.07, 6.45) is 1.89. The average molecular weight is 751 g/mol. The van der Waals surface area contributed by atoms with Crippen molar-refractivity contribution in [2.45, 2.75) is 80.6 Å². The molecule has 4 aromatic carbocycles. The van der Waals surface area contributed by atoms with Crippen molar-refractivity contribution < 1.29 is 25.2 Å². The van der Waals surface area contributed by atoms with Gasteiger partial charge in [-0.2, -0.15) is 11.2 Å². The SMILES string of the molecule is Cc1cc(C)c(-c2c(C)nn(-c3[c-]c(Oc4[c-]c5c(cc4)c4ccccc4n5-c4cc(C(C)C)ccn4)cc(C(C)(C)C)c3)c2C)c(C)c1.[Pd+2]. The molecular weight excluding hydrogens is 707 g/mol. The summed E-state index contributed by atoms with van der Waals surface area (Å²) in [6, 6.07) is 32.8. The zero-order valence-corrected chi connectivity index (χ0v) is 32.2. The van der Waals surface area contributed by atoms with Gasteiger partial charge in [0, 0.05) is 34.5 Å². The number of rotatable bonds is 6. The minimum atomic E-state index is -0.127. The van der Waals surface area contributed by atoms with Crippen LogP contribution in [0.1, 0.15) is 79.7 Å². The molecule has 0 fully saturated rings. The third-order valence-corrected chi connectivity index (χ3v) is 9.58. The van der Waals surface area contributed by atoms with Gasteiger partial charge >= 0.3 is 20.4 Å². The van der Waals surface area contributed by atoms with Crippen molar-refractivity contribution >= 4 is 21.8 Å². The molecule has 7 rings (SSSR count). The summed E-state index contributed by atoms with van der Waals surface area (Å²) in [6.45, 7) is 21.8. The number of nitrogens with zero attached hydrogens (tertiary/aromatic N) is 4. The average Bonchev–Trinajstić information content (AvgIpc) is 3.53. The Hall–Kier alpha value is -4.50. The molecule has 0 unspecified atom stereocenters. The Balaban J connectivity index is 0.00000432. The van der Waals surface area contributed by atoms with Gasteiger partial charge in [0.05, 0.1) is 5.69 Å². The maximum atomic E-state index is 6.66. The fraction of sp³-hybridized carbons (Fsp3) is 0.273. The van der Waals surface area contributed by atoms with Gasteiger partial charge in [-0.3, -0.25) is 4.68 Å². The third kappa shape index (κ3) is 6.32. The van der Waals surface area contributed by atoms with Crippen LogP contribution in [-0.2, 0) is 25.8 Å². The van der Waals surface area contributed by atoms with Crippen LogP contribution in [-0.4, -0.2) is 19.3 Å². The van der Waals surface area contributed by atoms with Crippen LogP contribution in [0.2, 0.25) is 0 Å². The molecule has 256 valence electrons.